The van der Waals surface area contributed by atoms with Gasteiger partial charge in [-0.3, -0.25) is 4.90 Å². The van der Waals surface area contributed by atoms with E-state index in [4.69, 9.17) is 19.2 Å². The zero-order valence-corrected chi connectivity index (χ0v) is 27.4. The first-order chi connectivity index (χ1) is 21.2. The Morgan fingerprint density at radius 1 is 1.04 bits per heavy atom. The topological polar surface area (TPSA) is 122 Å². The summed E-state index contributed by atoms with van der Waals surface area (Å²) in [5.74, 6) is 0.914. The number of aromatic nitrogens is 3. The highest BCUT2D eigenvalue weighted by Gasteiger charge is 2.33. The number of hydrogen-bond donors (Lipinski definition) is 1. The van der Waals surface area contributed by atoms with Gasteiger partial charge in [0.15, 0.2) is 0 Å². The minimum absolute atomic E-state index is 0.352. The molecule has 0 fully saturated rings. The van der Waals surface area contributed by atoms with Crippen LogP contribution in [0.25, 0.3) is 0 Å². The average molecular weight is 618 g/mol. The third-order valence-electron chi connectivity index (χ3n) is 7.28. The highest BCUT2D eigenvalue weighted by atomic mass is 16.6. The van der Waals surface area contributed by atoms with E-state index in [0.29, 0.717) is 43.8 Å². The third kappa shape index (κ3) is 7.73. The zero-order chi connectivity index (χ0) is 32.5. The van der Waals surface area contributed by atoms with Gasteiger partial charge in [-0.1, -0.05) is 12.1 Å². The van der Waals surface area contributed by atoms with Crippen LogP contribution in [0.5, 0.6) is 5.88 Å². The van der Waals surface area contributed by atoms with E-state index in [0.717, 1.165) is 46.7 Å². The van der Waals surface area contributed by atoms with E-state index in [1.165, 1.54) is 0 Å². The molecule has 0 saturated carbocycles. The van der Waals surface area contributed by atoms with Crippen molar-refractivity contribution >= 4 is 35.2 Å². The van der Waals surface area contributed by atoms with Crippen molar-refractivity contribution in [1.29, 1.82) is 0 Å². The van der Waals surface area contributed by atoms with Crippen LogP contribution in [0, 0.1) is 6.92 Å². The molecule has 4 heterocycles. The molecule has 2 amide bonds. The van der Waals surface area contributed by atoms with Crippen LogP contribution in [0.15, 0.2) is 36.7 Å². The Kier molecular flexibility index (Phi) is 8.77. The molecule has 1 aromatic carbocycles. The maximum Gasteiger partial charge on any atom is 0.415 e. The average Bonchev–Trinajstić information content (AvgIpc) is 2.95. The third-order valence-corrected chi connectivity index (χ3v) is 7.28. The summed E-state index contributed by atoms with van der Waals surface area (Å²) in [4.78, 5) is 44.9. The summed E-state index contributed by atoms with van der Waals surface area (Å²) < 4.78 is 17.0. The van der Waals surface area contributed by atoms with E-state index in [-0.39, 0.29) is 6.09 Å². The molecule has 5 rings (SSSR count). The minimum atomic E-state index is -0.617. The summed E-state index contributed by atoms with van der Waals surface area (Å²) in [7, 11) is 1.72. The van der Waals surface area contributed by atoms with Crippen molar-refractivity contribution < 1.29 is 23.8 Å². The Bertz CT molecular complexity index is 1580. The molecule has 2 aliphatic heterocycles. The van der Waals surface area contributed by atoms with Crippen LogP contribution in [0.4, 0.5) is 32.6 Å². The number of carbonyl (C=O) groups excluding carboxylic acids is 2. The number of nitrogens with zero attached hydrogens (tertiary/aromatic N) is 6. The molecule has 0 unspecified atom stereocenters. The number of pyridine rings is 1. The Labute approximate surface area is 264 Å². The number of hydrogen-bond acceptors (Lipinski definition) is 10. The highest BCUT2D eigenvalue weighted by molar-refractivity contribution is 5.92. The maximum atomic E-state index is 13.1. The fourth-order valence-corrected chi connectivity index (χ4v) is 5.27. The van der Waals surface area contributed by atoms with Gasteiger partial charge in [0.05, 0.1) is 30.7 Å². The van der Waals surface area contributed by atoms with Gasteiger partial charge in [-0.25, -0.2) is 24.5 Å². The summed E-state index contributed by atoms with van der Waals surface area (Å²) in [5.41, 5.74) is 5.03. The van der Waals surface area contributed by atoms with Crippen molar-refractivity contribution in [1.82, 2.24) is 19.9 Å². The lowest BCUT2D eigenvalue weighted by atomic mass is 10.0. The van der Waals surface area contributed by atoms with Crippen LogP contribution in [0.3, 0.4) is 0 Å². The van der Waals surface area contributed by atoms with Crippen LogP contribution in [0.1, 0.15) is 63.9 Å². The first kappa shape index (κ1) is 31.8. The summed E-state index contributed by atoms with van der Waals surface area (Å²) in [5, 5.41) is 3.32. The SMILES string of the molecule is Cc1c(N2CCc3cnc(Nc4cccc(CN(C)C(=O)OC(C)(C)C)c4)nc3C2)cnc2c1N(C(=O)OC(C)(C)C)CCO2. The Hall–Kier alpha value is -4.61. The molecule has 0 radical (unpaired) electrons. The Morgan fingerprint density at radius 3 is 2.53 bits per heavy atom. The molecule has 3 aromatic rings. The summed E-state index contributed by atoms with van der Waals surface area (Å²) in [6.45, 7) is 15.5. The van der Waals surface area contributed by atoms with E-state index in [1.807, 2.05) is 78.9 Å². The number of ether oxygens (including phenoxy) is 3. The molecule has 45 heavy (non-hydrogen) atoms. The second-order valence-electron chi connectivity index (χ2n) is 13.4. The number of fused-ring (bicyclic) bond motifs is 2. The van der Waals surface area contributed by atoms with Crippen molar-refractivity contribution in [2.75, 3.05) is 41.9 Å². The zero-order valence-electron chi connectivity index (χ0n) is 27.4. The molecule has 12 heteroatoms. The first-order valence-corrected chi connectivity index (χ1v) is 15.2. The quantitative estimate of drug-likeness (QED) is 0.365. The standard InChI is InChI=1S/C33H43N7O5/c1-21-26(18-34-28-27(21)40(14-15-43-28)31(42)45-33(5,6)7)39-13-12-23-17-35-29(37-25(23)20-39)36-24-11-9-10-22(16-24)19-38(8)30(41)44-32(2,3)4/h9-11,16-18H,12-15,19-20H2,1-8H3,(H,35,36,37). The summed E-state index contributed by atoms with van der Waals surface area (Å²) in [6, 6.07) is 7.79. The van der Waals surface area contributed by atoms with Crippen molar-refractivity contribution in [3.8, 4) is 5.88 Å². The summed E-state index contributed by atoms with van der Waals surface area (Å²) >= 11 is 0. The Balaban J connectivity index is 1.31. The first-order valence-electron chi connectivity index (χ1n) is 15.2. The van der Waals surface area contributed by atoms with E-state index in [9.17, 15) is 9.59 Å². The predicted octanol–water partition coefficient (Wildman–Crippen LogP) is 5.99. The minimum Gasteiger partial charge on any atom is -0.474 e. The lowest BCUT2D eigenvalue weighted by molar-refractivity contribution is 0.0284. The number of amides is 2. The summed E-state index contributed by atoms with van der Waals surface area (Å²) in [6.07, 6.45) is 3.65. The lowest BCUT2D eigenvalue weighted by Gasteiger charge is -2.35. The molecule has 0 bridgehead atoms. The molecule has 2 aliphatic rings. The van der Waals surface area contributed by atoms with E-state index >= 15 is 0 Å². The van der Waals surface area contributed by atoms with Crippen LogP contribution in [0.2, 0.25) is 0 Å². The van der Waals surface area contributed by atoms with Crippen molar-refractivity contribution in [2.24, 2.45) is 0 Å². The van der Waals surface area contributed by atoms with Crippen molar-refractivity contribution in [2.45, 2.75) is 79.2 Å². The molecular formula is C33H43N7O5. The van der Waals surface area contributed by atoms with Crippen LogP contribution < -0.4 is 19.9 Å². The smallest absolute Gasteiger partial charge is 0.415 e. The van der Waals surface area contributed by atoms with Crippen molar-refractivity contribution in [3.63, 3.8) is 0 Å². The van der Waals surface area contributed by atoms with Gasteiger partial charge in [-0.15, -0.1) is 0 Å². The number of benzene rings is 1. The van der Waals surface area contributed by atoms with Gasteiger partial charge in [0.2, 0.25) is 11.8 Å². The van der Waals surface area contributed by atoms with Gasteiger partial charge in [0.1, 0.15) is 23.5 Å². The normalized spacial score (nSPS) is 14.6. The molecule has 2 aromatic heterocycles. The van der Waals surface area contributed by atoms with Crippen LogP contribution in [-0.2, 0) is 29.0 Å². The number of nitrogens with one attached hydrogen (secondary N) is 1. The van der Waals surface area contributed by atoms with Gasteiger partial charge in [0, 0.05) is 37.6 Å². The molecule has 12 nitrogen and oxygen atoms in total. The highest BCUT2D eigenvalue weighted by Crippen LogP contribution is 2.39. The van der Waals surface area contributed by atoms with Crippen LogP contribution in [-0.4, -0.2) is 70.0 Å². The fraction of sp³-hybridized carbons (Fsp3) is 0.485. The number of anilines is 4. The van der Waals surface area contributed by atoms with Gasteiger partial charge >= 0.3 is 12.2 Å². The maximum absolute atomic E-state index is 13.1. The van der Waals surface area contributed by atoms with Gasteiger partial charge in [0.25, 0.3) is 0 Å². The van der Waals surface area contributed by atoms with Gasteiger partial charge in [-0.05, 0) is 78.1 Å². The van der Waals surface area contributed by atoms with Gasteiger partial charge < -0.3 is 29.3 Å². The molecule has 0 atom stereocenters. The number of carbonyl (C=O) groups is 2. The Morgan fingerprint density at radius 2 is 1.80 bits per heavy atom. The molecule has 0 saturated heterocycles. The molecule has 0 aliphatic carbocycles. The molecular weight excluding hydrogens is 574 g/mol. The second kappa shape index (κ2) is 12.4. The monoisotopic (exact) mass is 617 g/mol. The van der Waals surface area contributed by atoms with Gasteiger partial charge in [-0.2, -0.15) is 0 Å². The number of rotatable bonds is 5. The molecule has 0 spiro atoms. The fourth-order valence-electron chi connectivity index (χ4n) is 5.27. The van der Waals surface area contributed by atoms with Crippen LogP contribution >= 0.6 is 0 Å². The molecule has 1 N–H and O–H groups in total. The molecule has 240 valence electrons. The predicted molar refractivity (Wildman–Crippen MR) is 172 cm³/mol. The van der Waals surface area contributed by atoms with Crippen molar-refractivity contribution in [3.05, 3.63) is 59.0 Å². The lowest BCUT2D eigenvalue weighted by Crippen LogP contribution is -2.42. The largest absolute Gasteiger partial charge is 0.474 e. The van der Waals surface area contributed by atoms with E-state index in [1.54, 1.807) is 23.0 Å². The van der Waals surface area contributed by atoms with E-state index < -0.39 is 17.3 Å². The van der Waals surface area contributed by atoms with E-state index in [2.05, 4.69) is 20.2 Å². The second-order valence-corrected chi connectivity index (χ2v) is 13.4.